The third-order valence-electron chi connectivity index (χ3n) is 5.27. The average Bonchev–Trinajstić information content (AvgIpc) is 2.83. The van der Waals surface area contributed by atoms with Crippen LogP contribution in [-0.2, 0) is 6.42 Å². The van der Waals surface area contributed by atoms with E-state index in [4.69, 9.17) is 9.47 Å². The molecular weight excluding hydrogens is 419 g/mol. The Kier molecular flexibility index (Phi) is 9.36. The van der Waals surface area contributed by atoms with Crippen molar-refractivity contribution < 1.29 is 18.7 Å². The fraction of sp³-hybridized carbons (Fsp3) is 0.370. The molecule has 3 aromatic rings. The first-order chi connectivity index (χ1) is 16.1. The molecule has 0 saturated carbocycles. The molecule has 0 atom stereocenters. The minimum Gasteiger partial charge on any atom is -0.493 e. The van der Waals surface area contributed by atoms with Crippen molar-refractivity contribution >= 4 is 5.97 Å². The molecule has 2 aromatic carbocycles. The van der Waals surface area contributed by atoms with Gasteiger partial charge in [-0.3, -0.25) is 0 Å². The Balaban J connectivity index is 1.57. The van der Waals surface area contributed by atoms with Crippen LogP contribution in [0.1, 0.15) is 68.3 Å². The van der Waals surface area contributed by atoms with E-state index in [0.717, 1.165) is 36.8 Å². The number of unbranched alkanes of at least 4 members (excludes halogenated alkanes) is 4. The first kappa shape index (κ1) is 24.4. The summed E-state index contributed by atoms with van der Waals surface area (Å²) >= 11 is 0. The minimum atomic E-state index is -0.760. The lowest BCUT2D eigenvalue weighted by Crippen LogP contribution is -2.11. The first-order valence-corrected chi connectivity index (χ1v) is 11.7. The van der Waals surface area contributed by atoms with Crippen molar-refractivity contribution in [3.05, 3.63) is 71.8 Å². The second-order valence-electron chi connectivity index (χ2n) is 7.98. The number of rotatable bonds is 12. The van der Waals surface area contributed by atoms with Crippen LogP contribution in [0.25, 0.3) is 11.4 Å². The predicted molar refractivity (Wildman–Crippen MR) is 127 cm³/mol. The zero-order valence-corrected chi connectivity index (χ0v) is 19.4. The van der Waals surface area contributed by atoms with Crippen LogP contribution >= 0.6 is 0 Å². The van der Waals surface area contributed by atoms with Crippen molar-refractivity contribution in [2.24, 2.45) is 0 Å². The van der Waals surface area contributed by atoms with Gasteiger partial charge < -0.3 is 9.47 Å². The largest absolute Gasteiger partial charge is 0.493 e. The van der Waals surface area contributed by atoms with Gasteiger partial charge in [-0.15, -0.1) is 0 Å². The quantitative estimate of drug-likeness (QED) is 0.172. The van der Waals surface area contributed by atoms with Gasteiger partial charge >= 0.3 is 5.97 Å². The van der Waals surface area contributed by atoms with E-state index in [0.29, 0.717) is 23.9 Å². The third-order valence-corrected chi connectivity index (χ3v) is 5.27. The molecule has 0 saturated heterocycles. The summed E-state index contributed by atoms with van der Waals surface area (Å²) in [6.45, 7) is 4.76. The van der Waals surface area contributed by atoms with Crippen LogP contribution in [0, 0.1) is 5.82 Å². The van der Waals surface area contributed by atoms with E-state index in [9.17, 15) is 9.18 Å². The summed E-state index contributed by atoms with van der Waals surface area (Å²) in [5.41, 5.74) is 1.80. The molecule has 0 N–H and O–H groups in total. The van der Waals surface area contributed by atoms with Gasteiger partial charge in [-0.1, -0.05) is 39.5 Å². The van der Waals surface area contributed by atoms with Gasteiger partial charge in [0.2, 0.25) is 0 Å². The Morgan fingerprint density at radius 1 is 0.879 bits per heavy atom. The topological polar surface area (TPSA) is 61.3 Å². The second-order valence-corrected chi connectivity index (χ2v) is 7.98. The number of carbonyl (C=O) groups is 1. The molecule has 0 fully saturated rings. The number of hydrogen-bond acceptors (Lipinski definition) is 5. The highest BCUT2D eigenvalue weighted by Crippen LogP contribution is 2.22. The molecule has 0 aliphatic rings. The van der Waals surface area contributed by atoms with Crippen LogP contribution < -0.4 is 9.47 Å². The number of aryl methyl sites for hydroxylation is 1. The van der Waals surface area contributed by atoms with Crippen LogP contribution in [0.5, 0.6) is 11.5 Å². The van der Waals surface area contributed by atoms with E-state index in [1.807, 2.05) is 12.4 Å². The van der Waals surface area contributed by atoms with Crippen molar-refractivity contribution in [1.29, 1.82) is 0 Å². The zero-order valence-electron chi connectivity index (χ0n) is 19.4. The van der Waals surface area contributed by atoms with Gasteiger partial charge in [0.15, 0.2) is 5.82 Å². The molecule has 0 amide bonds. The van der Waals surface area contributed by atoms with E-state index < -0.39 is 11.8 Å². The number of carbonyl (C=O) groups excluding carboxylic acids is 1. The van der Waals surface area contributed by atoms with Crippen molar-refractivity contribution in [2.75, 3.05) is 6.61 Å². The van der Waals surface area contributed by atoms with Crippen LogP contribution in [0.3, 0.4) is 0 Å². The highest BCUT2D eigenvalue weighted by Gasteiger charge is 2.15. The zero-order chi connectivity index (χ0) is 23.5. The van der Waals surface area contributed by atoms with Crippen molar-refractivity contribution in [2.45, 2.75) is 58.8 Å². The first-order valence-electron chi connectivity index (χ1n) is 11.7. The lowest BCUT2D eigenvalue weighted by Gasteiger charge is -2.09. The molecule has 0 aliphatic heterocycles. The molecule has 0 unspecified atom stereocenters. The van der Waals surface area contributed by atoms with Crippen LogP contribution in [0.4, 0.5) is 4.39 Å². The van der Waals surface area contributed by atoms with E-state index in [1.54, 1.807) is 30.3 Å². The number of benzene rings is 2. The Morgan fingerprint density at radius 2 is 1.58 bits per heavy atom. The van der Waals surface area contributed by atoms with E-state index in [-0.39, 0.29) is 5.56 Å². The fourth-order valence-corrected chi connectivity index (χ4v) is 3.31. The lowest BCUT2D eigenvalue weighted by atomic mass is 10.1. The summed E-state index contributed by atoms with van der Waals surface area (Å²) in [6.07, 6.45) is 11.4. The van der Waals surface area contributed by atoms with Crippen LogP contribution in [0.2, 0.25) is 0 Å². The number of esters is 1. The lowest BCUT2D eigenvalue weighted by molar-refractivity contribution is 0.0730. The Labute approximate surface area is 195 Å². The Bertz CT molecular complexity index is 1020. The van der Waals surface area contributed by atoms with Gasteiger partial charge in [0.05, 0.1) is 12.2 Å². The maximum atomic E-state index is 14.3. The summed E-state index contributed by atoms with van der Waals surface area (Å²) in [5, 5.41) is 0. The summed E-state index contributed by atoms with van der Waals surface area (Å²) in [6, 6.07) is 11.0. The molecule has 0 radical (unpaired) electrons. The van der Waals surface area contributed by atoms with Gasteiger partial charge in [-0.05, 0) is 61.2 Å². The van der Waals surface area contributed by atoms with E-state index in [1.165, 1.54) is 31.4 Å². The number of halogens is 1. The molecule has 0 bridgehead atoms. The summed E-state index contributed by atoms with van der Waals surface area (Å²) < 4.78 is 25.2. The van der Waals surface area contributed by atoms with Crippen LogP contribution in [0.15, 0.2) is 54.9 Å². The van der Waals surface area contributed by atoms with Gasteiger partial charge in [-0.25, -0.2) is 19.2 Å². The Morgan fingerprint density at radius 3 is 2.24 bits per heavy atom. The fourth-order valence-electron chi connectivity index (χ4n) is 3.31. The number of aromatic nitrogens is 2. The summed E-state index contributed by atoms with van der Waals surface area (Å²) in [4.78, 5) is 21.3. The van der Waals surface area contributed by atoms with E-state index in [2.05, 4.69) is 23.8 Å². The SMILES string of the molecule is CCCCCCc1cnc(-c2ccc(OC(=O)c3ccc(OCCCC)cc3F)cc2)nc1. The molecular formula is C27H31FN2O3. The maximum absolute atomic E-state index is 14.3. The van der Waals surface area contributed by atoms with Gasteiger partial charge in [0, 0.05) is 24.0 Å². The second kappa shape index (κ2) is 12.7. The summed E-state index contributed by atoms with van der Waals surface area (Å²) in [5.74, 6) is -0.111. The molecule has 174 valence electrons. The monoisotopic (exact) mass is 450 g/mol. The maximum Gasteiger partial charge on any atom is 0.346 e. The minimum absolute atomic E-state index is 0.139. The van der Waals surface area contributed by atoms with E-state index >= 15 is 0 Å². The van der Waals surface area contributed by atoms with Gasteiger partial charge in [-0.2, -0.15) is 0 Å². The van der Waals surface area contributed by atoms with Crippen LogP contribution in [-0.4, -0.2) is 22.5 Å². The normalized spacial score (nSPS) is 10.8. The van der Waals surface area contributed by atoms with Crippen molar-refractivity contribution in [3.63, 3.8) is 0 Å². The molecule has 33 heavy (non-hydrogen) atoms. The smallest absolute Gasteiger partial charge is 0.346 e. The molecule has 1 heterocycles. The standard InChI is InChI=1S/C27H31FN2O3/c1-3-5-7-8-9-20-18-29-26(30-19-20)21-10-12-22(13-11-21)33-27(31)24-15-14-23(17-25(24)28)32-16-6-4-2/h10-15,17-19H,3-9,16H2,1-2H3. The number of nitrogens with zero attached hydrogens (tertiary/aromatic N) is 2. The molecule has 1 aromatic heterocycles. The third kappa shape index (κ3) is 7.38. The number of hydrogen-bond donors (Lipinski definition) is 0. The summed E-state index contributed by atoms with van der Waals surface area (Å²) in [7, 11) is 0. The molecule has 0 aliphatic carbocycles. The highest BCUT2D eigenvalue weighted by atomic mass is 19.1. The highest BCUT2D eigenvalue weighted by molar-refractivity contribution is 5.91. The Hall–Kier alpha value is -3.28. The van der Waals surface area contributed by atoms with Gasteiger partial charge in [0.1, 0.15) is 17.3 Å². The molecule has 0 spiro atoms. The number of ether oxygens (including phenoxy) is 2. The molecule has 5 nitrogen and oxygen atoms in total. The predicted octanol–water partition coefficient (Wildman–Crippen LogP) is 6.80. The molecule has 3 rings (SSSR count). The van der Waals surface area contributed by atoms with Gasteiger partial charge in [0.25, 0.3) is 0 Å². The van der Waals surface area contributed by atoms with Crippen molar-refractivity contribution in [3.8, 4) is 22.9 Å². The van der Waals surface area contributed by atoms with Crippen molar-refractivity contribution in [1.82, 2.24) is 9.97 Å². The average molecular weight is 451 g/mol. The molecule has 6 heteroatoms.